The number of anilines is 2. The molecule has 3 rings (SSSR count). The van der Waals surface area contributed by atoms with E-state index in [-0.39, 0.29) is 16.3 Å². The van der Waals surface area contributed by atoms with E-state index in [1.54, 1.807) is 18.2 Å². The van der Waals surface area contributed by atoms with E-state index in [4.69, 9.17) is 16.3 Å². The first kappa shape index (κ1) is 21.6. The first-order valence-corrected chi connectivity index (χ1v) is 10.6. The molecular weight excluding hydrogens is 431 g/mol. The van der Waals surface area contributed by atoms with Gasteiger partial charge in [0.05, 0.1) is 23.4 Å². The Hall–Kier alpha value is -3.10. The fourth-order valence-electron chi connectivity index (χ4n) is 2.68. The van der Waals surface area contributed by atoms with Crippen molar-refractivity contribution in [1.29, 1.82) is 0 Å². The van der Waals surface area contributed by atoms with Crippen LogP contribution in [0.4, 0.5) is 15.8 Å². The predicted molar refractivity (Wildman–Crippen MR) is 114 cm³/mol. The van der Waals surface area contributed by atoms with Crippen LogP contribution < -0.4 is 14.4 Å². The summed E-state index contributed by atoms with van der Waals surface area (Å²) in [5.74, 6) is -0.797. The highest BCUT2D eigenvalue weighted by Crippen LogP contribution is 2.26. The van der Waals surface area contributed by atoms with Gasteiger partial charge in [0.2, 0.25) is 5.91 Å². The summed E-state index contributed by atoms with van der Waals surface area (Å²) in [6.45, 7) is -0.564. The Morgan fingerprint density at radius 2 is 1.67 bits per heavy atom. The number of halogens is 2. The molecular formula is C21H18ClFN2O4S. The molecule has 3 aromatic rings. The van der Waals surface area contributed by atoms with Crippen LogP contribution in [-0.2, 0) is 14.8 Å². The van der Waals surface area contributed by atoms with Gasteiger partial charge in [0.1, 0.15) is 18.1 Å². The summed E-state index contributed by atoms with van der Waals surface area (Å²) < 4.78 is 46.4. The summed E-state index contributed by atoms with van der Waals surface area (Å²) in [6, 6.07) is 17.4. The Bertz CT molecular complexity index is 1140. The van der Waals surface area contributed by atoms with Gasteiger partial charge in [-0.1, -0.05) is 23.7 Å². The number of sulfonamides is 1. The van der Waals surface area contributed by atoms with Crippen molar-refractivity contribution < 1.29 is 22.3 Å². The molecule has 0 aliphatic carbocycles. The zero-order valence-corrected chi connectivity index (χ0v) is 17.5. The molecule has 1 amide bonds. The van der Waals surface area contributed by atoms with Crippen LogP contribution in [0.15, 0.2) is 77.7 Å². The number of hydrogen-bond donors (Lipinski definition) is 1. The molecule has 6 nitrogen and oxygen atoms in total. The van der Waals surface area contributed by atoms with Crippen molar-refractivity contribution in [2.75, 3.05) is 23.3 Å². The molecule has 0 spiro atoms. The van der Waals surface area contributed by atoms with Gasteiger partial charge in [0, 0.05) is 5.02 Å². The van der Waals surface area contributed by atoms with E-state index in [1.807, 2.05) is 0 Å². The van der Waals surface area contributed by atoms with Crippen molar-refractivity contribution in [3.8, 4) is 5.75 Å². The lowest BCUT2D eigenvalue weighted by Gasteiger charge is -2.24. The van der Waals surface area contributed by atoms with E-state index in [9.17, 15) is 17.6 Å². The molecule has 0 aromatic heterocycles. The fraction of sp³-hybridized carbons (Fsp3) is 0.0952. The maximum Gasteiger partial charge on any atom is 0.264 e. The van der Waals surface area contributed by atoms with E-state index in [0.717, 1.165) is 4.31 Å². The molecule has 0 unspecified atom stereocenters. The van der Waals surface area contributed by atoms with Gasteiger partial charge in [0.15, 0.2) is 0 Å². The molecule has 1 N–H and O–H groups in total. The Morgan fingerprint density at radius 1 is 1.03 bits per heavy atom. The standard InChI is InChI=1S/C21H18ClFN2O4S/c1-29-17-10-8-16(9-11-17)25(30(27,28)18-12-6-15(22)7-13-18)14-21(26)24-20-5-3-2-4-19(20)23/h2-13H,14H2,1H3,(H,24,26). The smallest absolute Gasteiger partial charge is 0.264 e. The summed E-state index contributed by atoms with van der Waals surface area (Å²) in [4.78, 5) is 12.5. The van der Waals surface area contributed by atoms with E-state index >= 15 is 0 Å². The number of nitrogens with zero attached hydrogens (tertiary/aromatic N) is 1. The minimum absolute atomic E-state index is 0.0404. The number of ether oxygens (including phenoxy) is 1. The van der Waals surface area contributed by atoms with Gasteiger partial charge in [-0.15, -0.1) is 0 Å². The average Bonchev–Trinajstić information content (AvgIpc) is 2.74. The van der Waals surface area contributed by atoms with Crippen LogP contribution in [0.1, 0.15) is 0 Å². The Kier molecular flexibility index (Phi) is 6.59. The summed E-state index contributed by atoms with van der Waals surface area (Å²) in [7, 11) is -2.62. The second-order valence-electron chi connectivity index (χ2n) is 6.19. The summed E-state index contributed by atoms with van der Waals surface area (Å²) in [6.07, 6.45) is 0. The topological polar surface area (TPSA) is 75.7 Å². The molecule has 156 valence electrons. The third kappa shape index (κ3) is 4.90. The number of carbonyl (C=O) groups excluding carboxylic acids is 1. The third-order valence-electron chi connectivity index (χ3n) is 4.20. The largest absolute Gasteiger partial charge is 0.497 e. The number of rotatable bonds is 7. The molecule has 0 aliphatic heterocycles. The Labute approximate surface area is 178 Å². The quantitative estimate of drug-likeness (QED) is 0.584. The van der Waals surface area contributed by atoms with Crippen LogP contribution in [0.5, 0.6) is 5.75 Å². The van der Waals surface area contributed by atoms with Gasteiger partial charge in [-0.25, -0.2) is 12.8 Å². The number of hydrogen-bond acceptors (Lipinski definition) is 4. The summed E-state index contributed by atoms with van der Waals surface area (Å²) in [5.41, 5.74) is 0.204. The molecule has 0 radical (unpaired) electrons. The van der Waals surface area contributed by atoms with Gasteiger partial charge < -0.3 is 10.1 Å². The van der Waals surface area contributed by atoms with Gasteiger partial charge in [0.25, 0.3) is 10.0 Å². The van der Waals surface area contributed by atoms with E-state index in [0.29, 0.717) is 10.8 Å². The maximum atomic E-state index is 13.9. The number of para-hydroxylation sites is 1. The summed E-state index contributed by atoms with van der Waals surface area (Å²) in [5, 5.41) is 2.78. The van der Waals surface area contributed by atoms with Crippen LogP contribution >= 0.6 is 11.6 Å². The van der Waals surface area contributed by atoms with E-state index in [2.05, 4.69) is 5.32 Å². The molecule has 0 aliphatic rings. The van der Waals surface area contributed by atoms with Crippen molar-refractivity contribution in [3.05, 3.63) is 83.6 Å². The normalized spacial score (nSPS) is 11.0. The molecule has 0 fully saturated rings. The van der Waals surface area contributed by atoms with E-state index < -0.39 is 28.3 Å². The Morgan fingerprint density at radius 3 is 2.27 bits per heavy atom. The number of carbonyl (C=O) groups is 1. The second-order valence-corrected chi connectivity index (χ2v) is 8.49. The van der Waals surface area contributed by atoms with Crippen molar-refractivity contribution in [2.24, 2.45) is 0 Å². The first-order chi connectivity index (χ1) is 14.3. The monoisotopic (exact) mass is 448 g/mol. The van der Waals surface area contributed by atoms with Crippen LogP contribution in [-0.4, -0.2) is 28.0 Å². The van der Waals surface area contributed by atoms with Crippen molar-refractivity contribution >= 4 is 38.9 Å². The lowest BCUT2D eigenvalue weighted by Crippen LogP contribution is -2.38. The molecule has 9 heteroatoms. The van der Waals surface area contributed by atoms with Gasteiger partial charge in [-0.2, -0.15) is 0 Å². The fourth-order valence-corrected chi connectivity index (χ4v) is 4.23. The second kappa shape index (κ2) is 9.15. The minimum Gasteiger partial charge on any atom is -0.497 e. The average molecular weight is 449 g/mol. The van der Waals surface area contributed by atoms with Crippen LogP contribution in [0, 0.1) is 5.82 Å². The molecule has 0 heterocycles. The summed E-state index contributed by atoms with van der Waals surface area (Å²) >= 11 is 5.86. The molecule has 3 aromatic carbocycles. The van der Waals surface area contributed by atoms with Gasteiger partial charge in [-0.05, 0) is 60.7 Å². The highest BCUT2D eigenvalue weighted by molar-refractivity contribution is 7.92. The number of nitrogens with one attached hydrogen (secondary N) is 1. The SMILES string of the molecule is COc1ccc(N(CC(=O)Nc2ccccc2F)S(=O)(=O)c2ccc(Cl)cc2)cc1. The molecule has 30 heavy (non-hydrogen) atoms. The number of benzene rings is 3. The van der Waals surface area contributed by atoms with Crippen LogP contribution in [0.2, 0.25) is 5.02 Å². The minimum atomic E-state index is -4.11. The molecule has 0 saturated heterocycles. The first-order valence-electron chi connectivity index (χ1n) is 8.78. The highest BCUT2D eigenvalue weighted by atomic mass is 35.5. The van der Waals surface area contributed by atoms with Crippen LogP contribution in [0.25, 0.3) is 0 Å². The van der Waals surface area contributed by atoms with Crippen molar-refractivity contribution in [3.63, 3.8) is 0 Å². The number of methoxy groups -OCH3 is 1. The molecule has 0 atom stereocenters. The molecule has 0 bridgehead atoms. The highest BCUT2D eigenvalue weighted by Gasteiger charge is 2.27. The van der Waals surface area contributed by atoms with Crippen molar-refractivity contribution in [2.45, 2.75) is 4.90 Å². The van der Waals surface area contributed by atoms with Crippen LogP contribution in [0.3, 0.4) is 0 Å². The zero-order valence-electron chi connectivity index (χ0n) is 15.9. The number of amides is 1. The van der Waals surface area contributed by atoms with Gasteiger partial charge in [-0.3, -0.25) is 9.10 Å². The van der Waals surface area contributed by atoms with Crippen molar-refractivity contribution in [1.82, 2.24) is 0 Å². The third-order valence-corrected chi connectivity index (χ3v) is 6.24. The zero-order chi connectivity index (χ0) is 21.7. The predicted octanol–water partition coefficient (Wildman–Crippen LogP) is 4.32. The lowest BCUT2D eigenvalue weighted by molar-refractivity contribution is -0.114. The Balaban J connectivity index is 1.95. The van der Waals surface area contributed by atoms with E-state index in [1.165, 1.54) is 61.7 Å². The maximum absolute atomic E-state index is 13.9. The molecule has 0 saturated carbocycles. The lowest BCUT2D eigenvalue weighted by atomic mass is 10.3. The van der Waals surface area contributed by atoms with Gasteiger partial charge >= 0.3 is 0 Å².